The van der Waals surface area contributed by atoms with Gasteiger partial charge in [-0.05, 0) is 48.0 Å². The van der Waals surface area contributed by atoms with Crippen molar-refractivity contribution in [2.75, 3.05) is 6.54 Å². The van der Waals surface area contributed by atoms with E-state index in [0.717, 1.165) is 59.7 Å². The molecule has 1 aromatic heterocycles. The SMILES string of the molecule is CCN(C1CCCCC1)C(O)n1nnn(-c2ccc(C(F)(F)F)cc2Cl)c1=O. The molecule has 1 atom stereocenters. The summed E-state index contributed by atoms with van der Waals surface area (Å²) in [5, 5.41) is 17.8. The molecule has 7 nitrogen and oxygen atoms in total. The van der Waals surface area contributed by atoms with E-state index in [1.807, 2.05) is 6.92 Å². The number of alkyl halides is 3. The molecule has 0 spiro atoms. The topological polar surface area (TPSA) is 76.2 Å². The molecule has 1 heterocycles. The lowest BCUT2D eigenvalue weighted by atomic mass is 9.94. The van der Waals surface area contributed by atoms with Crippen molar-refractivity contribution >= 4 is 11.6 Å². The molecular formula is C17H21ClF3N5O2. The fourth-order valence-electron chi connectivity index (χ4n) is 3.57. The highest BCUT2D eigenvalue weighted by atomic mass is 35.5. The average Bonchev–Trinajstić information content (AvgIpc) is 3.03. The third kappa shape index (κ3) is 4.08. The van der Waals surface area contributed by atoms with Crippen molar-refractivity contribution in [2.45, 2.75) is 57.6 Å². The first-order valence-electron chi connectivity index (χ1n) is 9.09. The number of hydrogen-bond acceptors (Lipinski definition) is 5. The van der Waals surface area contributed by atoms with Crippen LogP contribution in [-0.4, -0.2) is 42.4 Å². The van der Waals surface area contributed by atoms with Gasteiger partial charge in [0.25, 0.3) is 0 Å². The largest absolute Gasteiger partial charge is 0.416 e. The van der Waals surface area contributed by atoms with E-state index < -0.39 is 23.8 Å². The summed E-state index contributed by atoms with van der Waals surface area (Å²) < 4.78 is 40.0. The van der Waals surface area contributed by atoms with Crippen LogP contribution in [0.15, 0.2) is 23.0 Å². The van der Waals surface area contributed by atoms with Crippen molar-refractivity contribution < 1.29 is 18.3 Å². The average molecular weight is 420 g/mol. The Hall–Kier alpha value is -1.91. The summed E-state index contributed by atoms with van der Waals surface area (Å²) in [5.41, 5.74) is -1.77. The van der Waals surface area contributed by atoms with Gasteiger partial charge in [0, 0.05) is 6.04 Å². The molecule has 2 aromatic rings. The number of benzene rings is 1. The van der Waals surface area contributed by atoms with Gasteiger partial charge >= 0.3 is 11.9 Å². The predicted molar refractivity (Wildman–Crippen MR) is 96.1 cm³/mol. The van der Waals surface area contributed by atoms with Crippen LogP contribution in [0.1, 0.15) is 50.9 Å². The Labute approximate surface area is 164 Å². The van der Waals surface area contributed by atoms with Gasteiger partial charge in [-0.3, -0.25) is 4.90 Å². The molecule has 1 unspecified atom stereocenters. The van der Waals surface area contributed by atoms with E-state index in [1.54, 1.807) is 4.90 Å². The zero-order valence-corrected chi connectivity index (χ0v) is 16.0. The normalized spacial score (nSPS) is 17.2. The third-order valence-corrected chi connectivity index (χ3v) is 5.33. The fraction of sp³-hybridized carbons (Fsp3) is 0.588. The summed E-state index contributed by atoms with van der Waals surface area (Å²) in [7, 11) is 0. The summed E-state index contributed by atoms with van der Waals surface area (Å²) in [5.74, 6) is 0. The van der Waals surface area contributed by atoms with E-state index in [-0.39, 0.29) is 16.8 Å². The highest BCUT2D eigenvalue weighted by Crippen LogP contribution is 2.32. The first-order valence-corrected chi connectivity index (χ1v) is 9.47. The smallest absolute Gasteiger partial charge is 0.359 e. The number of aliphatic hydroxyl groups excluding tert-OH is 1. The Balaban J connectivity index is 1.90. The van der Waals surface area contributed by atoms with Crippen LogP contribution in [0.3, 0.4) is 0 Å². The van der Waals surface area contributed by atoms with Gasteiger partial charge in [0.1, 0.15) is 0 Å². The first-order chi connectivity index (χ1) is 13.2. The van der Waals surface area contributed by atoms with Crippen LogP contribution in [0.25, 0.3) is 5.69 Å². The number of hydrogen-bond donors (Lipinski definition) is 1. The summed E-state index contributed by atoms with van der Waals surface area (Å²) >= 11 is 5.93. The highest BCUT2D eigenvalue weighted by Gasteiger charge is 2.32. The molecule has 1 N–H and O–H groups in total. The maximum atomic E-state index is 12.8. The molecule has 0 amide bonds. The molecule has 1 saturated carbocycles. The zero-order chi connectivity index (χ0) is 20.5. The van der Waals surface area contributed by atoms with Crippen LogP contribution in [0.5, 0.6) is 0 Å². The summed E-state index contributed by atoms with van der Waals surface area (Å²) in [6.45, 7) is 2.38. The summed E-state index contributed by atoms with van der Waals surface area (Å²) in [4.78, 5) is 14.5. The predicted octanol–water partition coefficient (Wildman–Crippen LogP) is 3.20. The minimum Gasteiger partial charge on any atom is -0.359 e. The van der Waals surface area contributed by atoms with Crippen LogP contribution in [-0.2, 0) is 6.18 Å². The second-order valence-corrected chi connectivity index (χ2v) is 7.16. The Morgan fingerprint density at radius 2 is 1.96 bits per heavy atom. The van der Waals surface area contributed by atoms with Gasteiger partial charge in [0.2, 0.25) is 6.35 Å². The van der Waals surface area contributed by atoms with Crippen molar-refractivity contribution in [2.24, 2.45) is 0 Å². The van der Waals surface area contributed by atoms with E-state index in [2.05, 4.69) is 10.4 Å². The molecule has 11 heteroatoms. The lowest BCUT2D eigenvalue weighted by molar-refractivity contribution is -0.137. The summed E-state index contributed by atoms with van der Waals surface area (Å²) in [6, 6.07) is 2.71. The standard InChI is InChI=1S/C17H21ClF3N5O2/c1-2-24(12-6-4-3-5-7-12)15(27)26-16(28)25(22-23-26)14-9-8-11(10-13(14)18)17(19,20)21/h8-10,12,15,27H,2-7H2,1H3. The molecule has 154 valence electrons. The van der Waals surface area contributed by atoms with Crippen LogP contribution < -0.4 is 5.69 Å². The molecule has 0 saturated heterocycles. The molecule has 1 aliphatic rings. The van der Waals surface area contributed by atoms with Crippen molar-refractivity contribution in [1.29, 1.82) is 0 Å². The Morgan fingerprint density at radius 3 is 2.54 bits per heavy atom. The van der Waals surface area contributed by atoms with Gasteiger partial charge < -0.3 is 5.11 Å². The molecule has 0 radical (unpaired) electrons. The molecule has 1 fully saturated rings. The summed E-state index contributed by atoms with van der Waals surface area (Å²) in [6.07, 6.45) is -0.790. The molecule has 0 aliphatic heterocycles. The molecule has 1 aromatic carbocycles. The quantitative estimate of drug-likeness (QED) is 0.753. The monoisotopic (exact) mass is 419 g/mol. The lowest BCUT2D eigenvalue weighted by Gasteiger charge is -2.35. The number of nitrogens with zero attached hydrogens (tertiary/aromatic N) is 5. The van der Waals surface area contributed by atoms with Gasteiger partial charge in [-0.15, -0.1) is 4.68 Å². The lowest BCUT2D eigenvalue weighted by Crippen LogP contribution is -2.45. The second kappa shape index (κ2) is 8.22. The first kappa shape index (κ1) is 20.8. The fourth-order valence-corrected chi connectivity index (χ4v) is 3.83. The maximum Gasteiger partial charge on any atom is 0.416 e. The molecule has 1 aliphatic carbocycles. The number of halogens is 4. The van der Waals surface area contributed by atoms with Crippen LogP contribution >= 0.6 is 11.6 Å². The maximum absolute atomic E-state index is 12.8. The second-order valence-electron chi connectivity index (χ2n) is 6.75. The van der Waals surface area contributed by atoms with Gasteiger partial charge in [0.05, 0.1) is 16.3 Å². The van der Waals surface area contributed by atoms with E-state index in [9.17, 15) is 23.1 Å². The van der Waals surface area contributed by atoms with Gasteiger partial charge in [0.15, 0.2) is 0 Å². The molecular weight excluding hydrogens is 399 g/mol. The number of aromatic nitrogens is 4. The molecule has 0 bridgehead atoms. The molecule has 28 heavy (non-hydrogen) atoms. The Morgan fingerprint density at radius 1 is 1.29 bits per heavy atom. The van der Waals surface area contributed by atoms with Gasteiger partial charge in [-0.2, -0.15) is 17.9 Å². The Bertz CT molecular complexity index is 876. The highest BCUT2D eigenvalue weighted by molar-refractivity contribution is 6.32. The minimum absolute atomic E-state index is 0.0427. The third-order valence-electron chi connectivity index (χ3n) is 5.03. The van der Waals surface area contributed by atoms with Crippen molar-refractivity contribution in [3.05, 3.63) is 39.3 Å². The minimum atomic E-state index is -4.55. The van der Waals surface area contributed by atoms with Gasteiger partial charge in [-0.25, -0.2) is 4.79 Å². The van der Waals surface area contributed by atoms with E-state index in [1.165, 1.54) is 0 Å². The molecule has 3 rings (SSSR count). The van der Waals surface area contributed by atoms with E-state index >= 15 is 0 Å². The van der Waals surface area contributed by atoms with Gasteiger partial charge in [-0.1, -0.05) is 37.8 Å². The van der Waals surface area contributed by atoms with Crippen molar-refractivity contribution in [3.8, 4) is 5.69 Å². The van der Waals surface area contributed by atoms with Crippen LogP contribution in [0, 0.1) is 0 Å². The van der Waals surface area contributed by atoms with E-state index in [4.69, 9.17) is 11.6 Å². The van der Waals surface area contributed by atoms with Crippen molar-refractivity contribution in [3.63, 3.8) is 0 Å². The zero-order valence-electron chi connectivity index (χ0n) is 15.2. The number of tetrazole rings is 1. The van der Waals surface area contributed by atoms with Crippen LogP contribution in [0.4, 0.5) is 13.2 Å². The number of rotatable bonds is 5. The van der Waals surface area contributed by atoms with Crippen LogP contribution in [0.2, 0.25) is 5.02 Å². The Kier molecular flexibility index (Phi) is 6.11. The number of aliphatic hydroxyl groups is 1. The van der Waals surface area contributed by atoms with Crippen molar-refractivity contribution in [1.82, 2.24) is 24.7 Å². The van der Waals surface area contributed by atoms with E-state index in [0.29, 0.717) is 6.54 Å².